The number of nitrogens with zero attached hydrogens (tertiary/aromatic N) is 1. The number of hydrogen-bond donors (Lipinski definition) is 1. The topological polar surface area (TPSA) is 77.9 Å². The first kappa shape index (κ1) is 36.0. The molecule has 6 aromatic carbocycles. The number of carboxylic acid groups (broad SMARTS) is 1. The number of rotatable bonds is 13. The smallest absolute Gasteiger partial charge is 0.336 e. The van der Waals surface area contributed by atoms with Crippen LogP contribution in [0.2, 0.25) is 0 Å². The molecule has 0 aliphatic rings. The molecule has 8 rings (SSSR count). The molecular weight excluding hydrogens is 722 g/mol. The Morgan fingerprint density at radius 2 is 1.20 bits per heavy atom. The Kier molecular flexibility index (Phi) is 10.6. The fourth-order valence-corrected chi connectivity index (χ4v) is 7.36. The van der Waals surface area contributed by atoms with Crippen LogP contribution in [0.25, 0.3) is 44.0 Å². The van der Waals surface area contributed by atoms with E-state index in [0.717, 1.165) is 38.1 Å². The average molecular weight is 756 g/mol. The minimum atomic E-state index is -1.12. The van der Waals surface area contributed by atoms with Gasteiger partial charge in [0, 0.05) is 34.6 Å². The van der Waals surface area contributed by atoms with Gasteiger partial charge in [0.05, 0.1) is 10.5 Å². The lowest BCUT2D eigenvalue weighted by Gasteiger charge is -2.15. The van der Waals surface area contributed by atoms with Gasteiger partial charge in [0.15, 0.2) is 17.2 Å². The predicted octanol–water partition coefficient (Wildman–Crippen LogP) is 12.3. The summed E-state index contributed by atoms with van der Waals surface area (Å²) in [5.41, 5.74) is 6.92. The van der Waals surface area contributed by atoms with Crippen molar-refractivity contribution in [3.63, 3.8) is 0 Å². The van der Waals surface area contributed by atoms with Crippen molar-refractivity contribution in [2.24, 2.45) is 0 Å². The number of hydrogen-bond acceptors (Lipinski definition) is 6. The zero-order valence-electron chi connectivity index (χ0n) is 30.0. The number of benzene rings is 6. The van der Waals surface area contributed by atoms with E-state index < -0.39 is 11.8 Å². The number of aliphatic carboxylic acids is 1. The maximum Gasteiger partial charge on any atom is 0.336 e. The van der Waals surface area contributed by atoms with E-state index in [1.54, 1.807) is 42.7 Å². The van der Waals surface area contributed by atoms with Gasteiger partial charge in [-0.1, -0.05) is 115 Å². The number of fused-ring (bicyclic) bond motifs is 1. The molecule has 1 N–H and O–H groups in total. The van der Waals surface area contributed by atoms with E-state index in [0.29, 0.717) is 33.1 Å². The quantitative estimate of drug-likeness (QED) is 0.118. The number of ether oxygens (including phenoxy) is 3. The summed E-state index contributed by atoms with van der Waals surface area (Å²) in [6.07, 6.45) is 4.65. The Morgan fingerprint density at radius 3 is 1.75 bits per heavy atom. The first-order chi connectivity index (χ1) is 27.5. The molecule has 0 unspecified atom stereocenters. The van der Waals surface area contributed by atoms with Crippen molar-refractivity contribution in [3.05, 3.63) is 198 Å². The van der Waals surface area contributed by atoms with E-state index in [4.69, 9.17) is 14.2 Å². The summed E-state index contributed by atoms with van der Waals surface area (Å²) in [5.74, 6) is 0.0265. The summed E-state index contributed by atoms with van der Waals surface area (Å²) >= 11 is 1.34. The second kappa shape index (κ2) is 16.5. The van der Waals surface area contributed by atoms with Crippen molar-refractivity contribution >= 4 is 39.0 Å². The largest absolute Gasteiger partial charge is 0.485 e. The van der Waals surface area contributed by atoms with E-state index in [1.807, 2.05) is 72.8 Å². The minimum absolute atomic E-state index is 0.0499. The third-order valence-electron chi connectivity index (χ3n) is 9.16. The summed E-state index contributed by atoms with van der Waals surface area (Å²) in [6, 6.07) is 49.6. The van der Waals surface area contributed by atoms with E-state index >= 15 is 0 Å². The fraction of sp³-hybridized carbons (Fsp3) is 0.0417. The van der Waals surface area contributed by atoms with Crippen LogP contribution >= 0.6 is 11.3 Å². The molecule has 0 fully saturated rings. The number of thiophene rings is 1. The van der Waals surface area contributed by atoms with Crippen LogP contribution in [0.4, 0.5) is 4.39 Å². The molecule has 56 heavy (non-hydrogen) atoms. The lowest BCUT2D eigenvalue weighted by Crippen LogP contribution is -2.01. The normalized spacial score (nSPS) is 11.3. The number of carbonyl (C=O) groups is 1. The van der Waals surface area contributed by atoms with Crippen molar-refractivity contribution in [1.29, 1.82) is 0 Å². The number of aromatic nitrogens is 1. The second-order valence-corrected chi connectivity index (χ2v) is 14.0. The number of carboxylic acids is 1. The Labute approximate surface area is 327 Å². The van der Waals surface area contributed by atoms with Crippen LogP contribution < -0.4 is 14.2 Å². The summed E-state index contributed by atoms with van der Waals surface area (Å²) in [5, 5.41) is 10.9. The van der Waals surface area contributed by atoms with Crippen LogP contribution in [0.15, 0.2) is 170 Å². The van der Waals surface area contributed by atoms with Gasteiger partial charge in [-0.2, -0.15) is 0 Å². The van der Waals surface area contributed by atoms with Crippen LogP contribution in [0.3, 0.4) is 0 Å². The molecule has 0 radical (unpaired) electrons. The van der Waals surface area contributed by atoms with Gasteiger partial charge in [0.1, 0.15) is 24.8 Å². The monoisotopic (exact) mass is 755 g/mol. The van der Waals surface area contributed by atoms with E-state index in [9.17, 15) is 14.3 Å². The van der Waals surface area contributed by atoms with Crippen LogP contribution in [-0.4, -0.2) is 16.1 Å². The Morgan fingerprint density at radius 1 is 0.643 bits per heavy atom. The zero-order valence-corrected chi connectivity index (χ0v) is 30.8. The number of pyridine rings is 1. The molecule has 2 heterocycles. The molecule has 8 heteroatoms. The molecule has 6 nitrogen and oxygen atoms in total. The summed E-state index contributed by atoms with van der Waals surface area (Å²) < 4.78 is 34.5. The van der Waals surface area contributed by atoms with E-state index in [1.165, 1.54) is 23.5 Å². The van der Waals surface area contributed by atoms with Crippen LogP contribution in [0.5, 0.6) is 23.0 Å². The summed E-state index contributed by atoms with van der Waals surface area (Å²) in [6.45, 7) is 0.531. The molecular formula is C48H34FNO5S. The molecule has 0 aliphatic carbocycles. The van der Waals surface area contributed by atoms with Crippen molar-refractivity contribution in [1.82, 2.24) is 4.98 Å². The Balaban J connectivity index is 1.18. The Bertz CT molecular complexity index is 2630. The van der Waals surface area contributed by atoms with E-state index in [-0.39, 0.29) is 24.5 Å². The molecule has 0 atom stereocenters. The highest BCUT2D eigenvalue weighted by atomic mass is 32.1. The summed E-state index contributed by atoms with van der Waals surface area (Å²) in [7, 11) is 0. The van der Waals surface area contributed by atoms with Crippen LogP contribution in [0.1, 0.15) is 21.6 Å². The molecule has 0 aliphatic heterocycles. The highest BCUT2D eigenvalue weighted by Crippen LogP contribution is 2.47. The SMILES string of the molecule is O=C(O)/C(=C/c1sc2cc(OCc3ccc(-c4ccccc4)cc3)c(OCc3ccc(-c4ccccc4)cc3)cc2c1Oc1cccc(F)c1)c1ccncc1. The molecule has 274 valence electrons. The third kappa shape index (κ3) is 8.36. The molecule has 0 spiro atoms. The maximum atomic E-state index is 14.4. The number of halogens is 1. The average Bonchev–Trinajstić information content (AvgIpc) is 3.57. The molecule has 0 bridgehead atoms. The van der Waals surface area contributed by atoms with Gasteiger partial charge in [0.25, 0.3) is 0 Å². The standard InChI is InChI=1S/C48H34FNO5S/c49-39-12-7-13-40(26-39)55-47-42-27-43(53-30-32-14-18-36(19-15-32)34-8-3-1-4-9-34)44(54-31-33-16-20-37(21-17-33)35-10-5-2-6-11-35)29-45(42)56-46(47)28-41(48(51)52)38-22-24-50-25-23-38/h1-29H,30-31H2,(H,51,52)/b41-28+. The maximum absolute atomic E-state index is 14.4. The highest BCUT2D eigenvalue weighted by molar-refractivity contribution is 7.20. The highest BCUT2D eigenvalue weighted by Gasteiger charge is 2.21. The van der Waals surface area contributed by atoms with Gasteiger partial charge >= 0.3 is 5.97 Å². The third-order valence-corrected chi connectivity index (χ3v) is 10.2. The van der Waals surface area contributed by atoms with Gasteiger partial charge in [-0.05, 0) is 75.4 Å². The minimum Gasteiger partial charge on any atom is -0.485 e. The van der Waals surface area contributed by atoms with Gasteiger partial charge in [-0.3, -0.25) is 4.98 Å². The van der Waals surface area contributed by atoms with Crippen molar-refractivity contribution in [3.8, 4) is 45.3 Å². The Hall–Kier alpha value is -7.03. The molecule has 0 amide bonds. The lowest BCUT2D eigenvalue weighted by molar-refractivity contribution is -0.130. The van der Waals surface area contributed by atoms with E-state index in [2.05, 4.69) is 53.5 Å². The fourth-order valence-electron chi connectivity index (χ4n) is 6.28. The van der Waals surface area contributed by atoms with Gasteiger partial charge in [-0.15, -0.1) is 11.3 Å². The first-order valence-electron chi connectivity index (χ1n) is 17.9. The molecule has 0 saturated carbocycles. The van der Waals surface area contributed by atoms with Gasteiger partial charge in [0.2, 0.25) is 0 Å². The molecule has 8 aromatic rings. The predicted molar refractivity (Wildman–Crippen MR) is 220 cm³/mol. The molecule has 2 aromatic heterocycles. The molecule has 0 saturated heterocycles. The zero-order chi connectivity index (χ0) is 38.3. The first-order valence-corrected chi connectivity index (χ1v) is 18.7. The second-order valence-electron chi connectivity index (χ2n) is 13.0. The van der Waals surface area contributed by atoms with Crippen LogP contribution in [0, 0.1) is 5.82 Å². The summed E-state index contributed by atoms with van der Waals surface area (Å²) in [4.78, 5) is 17.1. The van der Waals surface area contributed by atoms with Crippen LogP contribution in [-0.2, 0) is 18.0 Å². The van der Waals surface area contributed by atoms with Crippen molar-refractivity contribution < 1.29 is 28.5 Å². The van der Waals surface area contributed by atoms with Gasteiger partial charge < -0.3 is 19.3 Å². The van der Waals surface area contributed by atoms with Crippen molar-refractivity contribution in [2.45, 2.75) is 13.2 Å². The van der Waals surface area contributed by atoms with Crippen molar-refractivity contribution in [2.75, 3.05) is 0 Å². The van der Waals surface area contributed by atoms with Gasteiger partial charge in [-0.25, -0.2) is 9.18 Å². The lowest BCUT2D eigenvalue weighted by atomic mass is 10.0.